The van der Waals surface area contributed by atoms with Crippen molar-refractivity contribution in [2.75, 3.05) is 12.3 Å². The van der Waals surface area contributed by atoms with Crippen LogP contribution in [0.1, 0.15) is 43.1 Å². The van der Waals surface area contributed by atoms with E-state index in [0.717, 1.165) is 19.4 Å². The van der Waals surface area contributed by atoms with Crippen molar-refractivity contribution >= 4 is 11.7 Å². The van der Waals surface area contributed by atoms with Crippen molar-refractivity contribution in [2.45, 2.75) is 39.2 Å². The fraction of sp³-hybridized carbons (Fsp3) is 0.538. The van der Waals surface area contributed by atoms with Crippen LogP contribution in [-0.2, 0) is 11.3 Å². The van der Waals surface area contributed by atoms with Crippen molar-refractivity contribution in [3.8, 4) is 6.07 Å². The monoisotopic (exact) mass is 249 g/mol. The van der Waals surface area contributed by atoms with Gasteiger partial charge in [-0.05, 0) is 25.3 Å². The van der Waals surface area contributed by atoms with Gasteiger partial charge in [0.05, 0.1) is 18.4 Å². The van der Waals surface area contributed by atoms with E-state index in [1.54, 1.807) is 12.3 Å². The topological polar surface area (TPSA) is 81.0 Å². The van der Waals surface area contributed by atoms with Gasteiger partial charge in [-0.25, -0.2) is 4.79 Å². The van der Waals surface area contributed by atoms with Crippen molar-refractivity contribution < 1.29 is 9.53 Å². The van der Waals surface area contributed by atoms with Crippen LogP contribution < -0.4 is 5.73 Å². The normalized spacial score (nSPS) is 10.0. The molecule has 0 aliphatic carbocycles. The van der Waals surface area contributed by atoms with Gasteiger partial charge in [-0.2, -0.15) is 5.26 Å². The van der Waals surface area contributed by atoms with E-state index in [2.05, 4.69) is 6.07 Å². The van der Waals surface area contributed by atoms with Gasteiger partial charge in [-0.15, -0.1) is 0 Å². The number of nitrogen functional groups attached to an aromatic ring is 1. The molecule has 5 heteroatoms. The van der Waals surface area contributed by atoms with Crippen LogP contribution in [0.25, 0.3) is 0 Å². The summed E-state index contributed by atoms with van der Waals surface area (Å²) in [6.07, 6.45) is 4.63. The summed E-state index contributed by atoms with van der Waals surface area (Å²) >= 11 is 0. The summed E-state index contributed by atoms with van der Waals surface area (Å²) in [5.41, 5.74) is 6.74. The minimum Gasteiger partial charge on any atom is -0.461 e. The number of carbonyl (C=O) groups excluding carboxylic acids is 1. The summed E-state index contributed by atoms with van der Waals surface area (Å²) in [6, 6.07) is 3.69. The number of ether oxygens (including phenoxy) is 1. The van der Waals surface area contributed by atoms with Crippen LogP contribution in [0.4, 0.5) is 5.69 Å². The fourth-order valence-corrected chi connectivity index (χ4v) is 1.67. The van der Waals surface area contributed by atoms with E-state index >= 15 is 0 Å². The summed E-state index contributed by atoms with van der Waals surface area (Å²) in [5, 5.41) is 8.38. The number of aryl methyl sites for hydroxylation is 1. The van der Waals surface area contributed by atoms with E-state index in [9.17, 15) is 4.79 Å². The SMILES string of the molecule is CCCn1cc(N)cc1C(=O)OCCCCC#N. The van der Waals surface area contributed by atoms with E-state index in [1.807, 2.05) is 11.5 Å². The highest BCUT2D eigenvalue weighted by Gasteiger charge is 2.13. The predicted molar refractivity (Wildman–Crippen MR) is 68.9 cm³/mol. The van der Waals surface area contributed by atoms with Gasteiger partial charge in [0.2, 0.25) is 0 Å². The van der Waals surface area contributed by atoms with Crippen molar-refractivity contribution in [1.29, 1.82) is 5.26 Å². The van der Waals surface area contributed by atoms with Crippen molar-refractivity contribution in [1.82, 2.24) is 4.57 Å². The van der Waals surface area contributed by atoms with E-state index in [-0.39, 0.29) is 5.97 Å². The number of hydrogen-bond acceptors (Lipinski definition) is 4. The Hall–Kier alpha value is -1.96. The molecule has 2 N–H and O–H groups in total. The minimum absolute atomic E-state index is 0.345. The van der Waals surface area contributed by atoms with E-state index < -0.39 is 0 Å². The zero-order valence-corrected chi connectivity index (χ0v) is 10.7. The molecule has 0 saturated carbocycles. The lowest BCUT2D eigenvalue weighted by molar-refractivity contribution is 0.0486. The molecule has 0 bridgehead atoms. The lowest BCUT2D eigenvalue weighted by atomic mass is 10.2. The Morgan fingerprint density at radius 3 is 3.00 bits per heavy atom. The number of nitrogens with two attached hydrogens (primary N) is 1. The number of rotatable bonds is 7. The molecule has 0 aromatic carbocycles. The Balaban J connectivity index is 2.48. The van der Waals surface area contributed by atoms with E-state index in [1.165, 1.54) is 0 Å². The molecule has 1 aromatic rings. The first kappa shape index (κ1) is 14.1. The number of aromatic nitrogens is 1. The summed E-state index contributed by atoms with van der Waals surface area (Å²) in [4.78, 5) is 11.8. The smallest absolute Gasteiger partial charge is 0.355 e. The standard InChI is InChI=1S/C13H19N3O2/c1-2-7-16-10-11(15)9-12(16)13(17)18-8-5-3-4-6-14/h9-10H,2-5,7-8,15H2,1H3. The average molecular weight is 249 g/mol. The number of nitriles is 1. The van der Waals surface area contributed by atoms with Gasteiger partial charge < -0.3 is 15.0 Å². The van der Waals surface area contributed by atoms with Gasteiger partial charge in [0.15, 0.2) is 0 Å². The molecule has 0 aliphatic rings. The number of nitrogens with zero attached hydrogens (tertiary/aromatic N) is 2. The molecule has 0 aliphatic heterocycles. The first-order valence-electron chi connectivity index (χ1n) is 6.18. The van der Waals surface area contributed by atoms with Crippen LogP contribution in [-0.4, -0.2) is 17.1 Å². The van der Waals surface area contributed by atoms with E-state index in [0.29, 0.717) is 30.8 Å². The van der Waals surface area contributed by atoms with Crippen LogP contribution >= 0.6 is 0 Å². The number of carbonyl (C=O) groups is 1. The second kappa shape index (κ2) is 7.38. The van der Waals surface area contributed by atoms with Crippen LogP contribution in [0, 0.1) is 11.3 Å². The van der Waals surface area contributed by atoms with Crippen molar-refractivity contribution in [3.63, 3.8) is 0 Å². The molecular formula is C13H19N3O2. The van der Waals surface area contributed by atoms with Crippen LogP contribution in [0.2, 0.25) is 0 Å². The van der Waals surface area contributed by atoms with Crippen LogP contribution in [0.3, 0.4) is 0 Å². The maximum absolute atomic E-state index is 11.8. The maximum atomic E-state index is 11.8. The molecule has 0 fully saturated rings. The molecule has 1 rings (SSSR count). The number of anilines is 1. The van der Waals surface area contributed by atoms with Crippen LogP contribution in [0.15, 0.2) is 12.3 Å². The Morgan fingerprint density at radius 1 is 1.56 bits per heavy atom. The van der Waals surface area contributed by atoms with Gasteiger partial charge in [0, 0.05) is 19.2 Å². The molecule has 0 atom stereocenters. The molecule has 98 valence electrons. The largest absolute Gasteiger partial charge is 0.461 e. The Labute approximate surface area is 107 Å². The molecule has 0 unspecified atom stereocenters. The highest BCUT2D eigenvalue weighted by Crippen LogP contribution is 2.13. The third-order valence-corrected chi connectivity index (χ3v) is 2.51. The molecule has 0 amide bonds. The predicted octanol–water partition coefficient (Wildman–Crippen LogP) is 2.33. The van der Waals surface area contributed by atoms with Gasteiger partial charge in [0.1, 0.15) is 5.69 Å². The Bertz CT molecular complexity index is 432. The maximum Gasteiger partial charge on any atom is 0.355 e. The molecule has 0 radical (unpaired) electrons. The molecule has 18 heavy (non-hydrogen) atoms. The lowest BCUT2D eigenvalue weighted by Crippen LogP contribution is -2.12. The van der Waals surface area contributed by atoms with Gasteiger partial charge in [-0.3, -0.25) is 0 Å². The molecule has 1 heterocycles. The quantitative estimate of drug-likeness (QED) is 0.594. The lowest BCUT2D eigenvalue weighted by Gasteiger charge is -2.07. The molecule has 0 spiro atoms. The minimum atomic E-state index is -0.350. The third-order valence-electron chi connectivity index (χ3n) is 2.51. The molecule has 5 nitrogen and oxygen atoms in total. The number of unbranched alkanes of at least 4 members (excludes halogenated alkanes) is 2. The van der Waals surface area contributed by atoms with Crippen molar-refractivity contribution in [2.24, 2.45) is 0 Å². The summed E-state index contributed by atoms with van der Waals surface area (Å²) < 4.78 is 6.96. The zero-order valence-electron chi connectivity index (χ0n) is 10.7. The fourth-order valence-electron chi connectivity index (χ4n) is 1.67. The van der Waals surface area contributed by atoms with E-state index in [4.69, 9.17) is 15.7 Å². The third kappa shape index (κ3) is 4.13. The Morgan fingerprint density at radius 2 is 2.33 bits per heavy atom. The zero-order chi connectivity index (χ0) is 13.4. The Kier molecular flexibility index (Phi) is 5.78. The molecule has 1 aromatic heterocycles. The summed E-state index contributed by atoms with van der Waals surface area (Å²) in [7, 11) is 0. The summed E-state index contributed by atoms with van der Waals surface area (Å²) in [5.74, 6) is -0.350. The first-order chi connectivity index (χ1) is 8.69. The molecule has 0 saturated heterocycles. The molecular weight excluding hydrogens is 230 g/mol. The van der Waals surface area contributed by atoms with Gasteiger partial charge in [0.25, 0.3) is 0 Å². The highest BCUT2D eigenvalue weighted by molar-refractivity contribution is 5.89. The van der Waals surface area contributed by atoms with Crippen molar-refractivity contribution in [3.05, 3.63) is 18.0 Å². The van der Waals surface area contributed by atoms with Gasteiger partial charge in [-0.1, -0.05) is 6.92 Å². The second-order valence-electron chi connectivity index (χ2n) is 4.10. The first-order valence-corrected chi connectivity index (χ1v) is 6.18. The highest BCUT2D eigenvalue weighted by atomic mass is 16.5. The number of esters is 1. The second-order valence-corrected chi connectivity index (χ2v) is 4.10. The van der Waals surface area contributed by atoms with Gasteiger partial charge >= 0.3 is 5.97 Å². The van der Waals surface area contributed by atoms with Crippen LogP contribution in [0.5, 0.6) is 0 Å². The number of hydrogen-bond donors (Lipinski definition) is 1. The summed E-state index contributed by atoms with van der Waals surface area (Å²) in [6.45, 7) is 3.13. The average Bonchev–Trinajstić information content (AvgIpc) is 2.70.